The van der Waals surface area contributed by atoms with Gasteiger partial charge in [-0.3, -0.25) is 4.79 Å². The van der Waals surface area contributed by atoms with Crippen molar-refractivity contribution in [2.75, 3.05) is 51.3 Å². The first-order valence-corrected chi connectivity index (χ1v) is 13.7. The van der Waals surface area contributed by atoms with Gasteiger partial charge in [0.2, 0.25) is 11.8 Å². The number of carbonyl (C=O) groups excluding carboxylic acids is 1. The summed E-state index contributed by atoms with van der Waals surface area (Å²) < 4.78 is 13.1. The number of anilines is 1. The highest BCUT2D eigenvalue weighted by molar-refractivity contribution is 5.87. The van der Waals surface area contributed by atoms with Gasteiger partial charge in [-0.15, -0.1) is 0 Å². The van der Waals surface area contributed by atoms with Crippen LogP contribution in [0.1, 0.15) is 48.8 Å². The molecule has 3 aliphatic heterocycles. The van der Waals surface area contributed by atoms with E-state index in [1.165, 1.54) is 23.6 Å². The van der Waals surface area contributed by atoms with Crippen molar-refractivity contribution in [3.8, 4) is 11.9 Å². The number of aryl methyl sites for hydroxylation is 1. The van der Waals surface area contributed by atoms with Crippen molar-refractivity contribution in [1.82, 2.24) is 19.8 Å². The first-order valence-electron chi connectivity index (χ1n) is 13.7. The number of hydrogen-bond donors (Lipinski definition) is 0. The van der Waals surface area contributed by atoms with E-state index in [4.69, 9.17) is 19.4 Å². The number of fused-ring (bicyclic) bond motifs is 3. The van der Waals surface area contributed by atoms with Gasteiger partial charge in [0.25, 0.3) is 0 Å². The zero-order valence-corrected chi connectivity index (χ0v) is 21.8. The molecule has 8 heteroatoms. The van der Waals surface area contributed by atoms with Gasteiger partial charge in [-0.1, -0.05) is 30.8 Å². The molecule has 1 aromatic heterocycles. The van der Waals surface area contributed by atoms with E-state index in [9.17, 15) is 4.79 Å². The molecule has 0 radical (unpaired) electrons. The molecule has 196 valence electrons. The third kappa shape index (κ3) is 4.56. The second-order valence-electron chi connectivity index (χ2n) is 10.8. The smallest absolute Gasteiger partial charge is 0.321 e. The molecule has 2 fully saturated rings. The Morgan fingerprint density at radius 1 is 1.14 bits per heavy atom. The van der Waals surface area contributed by atoms with E-state index in [0.29, 0.717) is 50.7 Å². The quantitative estimate of drug-likeness (QED) is 0.580. The maximum absolute atomic E-state index is 12.1. The van der Waals surface area contributed by atoms with Crippen LogP contribution in [-0.4, -0.2) is 78.1 Å². The van der Waals surface area contributed by atoms with Gasteiger partial charge >= 0.3 is 6.01 Å². The molecule has 4 aliphatic rings. The number of hydrogen-bond acceptors (Lipinski definition) is 7. The summed E-state index contributed by atoms with van der Waals surface area (Å²) in [5.41, 5.74) is 3.40. The van der Waals surface area contributed by atoms with Gasteiger partial charge in [-0.25, -0.2) is 0 Å². The van der Waals surface area contributed by atoms with E-state index in [1.807, 2.05) is 4.90 Å². The Labute approximate surface area is 219 Å². The van der Waals surface area contributed by atoms with Crippen molar-refractivity contribution in [2.45, 2.75) is 56.6 Å². The zero-order valence-electron chi connectivity index (χ0n) is 21.8. The fraction of sp³-hybridized carbons (Fsp3) is 0.552. The van der Waals surface area contributed by atoms with Crippen LogP contribution in [0.4, 0.5) is 5.82 Å². The Hall–Kier alpha value is -3.13. The lowest BCUT2D eigenvalue weighted by Crippen LogP contribution is -2.49. The molecule has 2 aromatic rings. The minimum absolute atomic E-state index is 0.0182. The third-order valence-electron chi connectivity index (χ3n) is 8.67. The molecular weight excluding hydrogens is 466 g/mol. The van der Waals surface area contributed by atoms with Gasteiger partial charge in [-0.05, 0) is 75.7 Å². The van der Waals surface area contributed by atoms with Crippen LogP contribution in [0.3, 0.4) is 0 Å². The first-order chi connectivity index (χ1) is 18.1. The summed E-state index contributed by atoms with van der Waals surface area (Å²) in [5, 5.41) is 0. The maximum Gasteiger partial charge on any atom is 0.321 e. The standard InChI is InChI=1S/C29H37N5O3/c1-3-25(35)33-16-18-34(19-17-33)26-23-12-14-29(13-6-9-21-8-4-5-11-24(21)29)37-27(23)31-28(30-26)36-20-22-10-7-15-32(22)2/h3-5,8,11,22H,1,6-7,9-10,12-20H2,2H3/t22-,29+/m0/s1. The average molecular weight is 504 g/mol. The fourth-order valence-electron chi connectivity index (χ4n) is 6.50. The third-order valence-corrected chi connectivity index (χ3v) is 8.67. The molecule has 1 spiro atoms. The molecule has 1 aliphatic carbocycles. The van der Waals surface area contributed by atoms with E-state index in [0.717, 1.165) is 56.5 Å². The summed E-state index contributed by atoms with van der Waals surface area (Å²) in [7, 11) is 2.15. The number of piperazine rings is 1. The monoisotopic (exact) mass is 503 g/mol. The molecule has 1 aromatic carbocycles. The Balaban J connectivity index is 1.31. The van der Waals surface area contributed by atoms with Crippen LogP contribution in [0.15, 0.2) is 36.9 Å². The van der Waals surface area contributed by atoms with Crippen LogP contribution in [0.2, 0.25) is 0 Å². The highest BCUT2D eigenvalue weighted by atomic mass is 16.5. The normalized spacial score (nSPS) is 25.4. The molecule has 2 saturated heterocycles. The van der Waals surface area contributed by atoms with E-state index < -0.39 is 0 Å². The molecular formula is C29H37N5O3. The number of amides is 1. The molecule has 37 heavy (non-hydrogen) atoms. The molecule has 0 bridgehead atoms. The number of likely N-dealkylation sites (tertiary alicyclic amines) is 1. The first kappa shape index (κ1) is 24.2. The summed E-state index contributed by atoms with van der Waals surface area (Å²) >= 11 is 0. The van der Waals surface area contributed by atoms with Gasteiger partial charge in [0.15, 0.2) is 0 Å². The van der Waals surface area contributed by atoms with E-state index >= 15 is 0 Å². The van der Waals surface area contributed by atoms with E-state index in [1.54, 1.807) is 0 Å². The molecule has 0 unspecified atom stereocenters. The van der Waals surface area contributed by atoms with Crippen molar-refractivity contribution in [3.05, 3.63) is 53.6 Å². The number of rotatable bonds is 5. The number of likely N-dealkylation sites (N-methyl/N-ethyl adjacent to an activating group) is 1. The Kier molecular flexibility index (Phi) is 6.53. The average Bonchev–Trinajstić information content (AvgIpc) is 3.35. The number of nitrogens with zero attached hydrogens (tertiary/aromatic N) is 5. The van der Waals surface area contributed by atoms with E-state index in [-0.39, 0.29) is 11.5 Å². The molecule has 1 amide bonds. The van der Waals surface area contributed by atoms with Crippen LogP contribution in [0.25, 0.3) is 0 Å². The summed E-state index contributed by atoms with van der Waals surface area (Å²) in [6.07, 6.45) is 8.69. The van der Waals surface area contributed by atoms with Crippen LogP contribution in [0.5, 0.6) is 11.9 Å². The number of ether oxygens (including phenoxy) is 2. The van der Waals surface area contributed by atoms with Crippen molar-refractivity contribution < 1.29 is 14.3 Å². The van der Waals surface area contributed by atoms with Crippen LogP contribution in [0, 0.1) is 0 Å². The predicted molar refractivity (Wildman–Crippen MR) is 142 cm³/mol. The largest absolute Gasteiger partial charge is 0.466 e. The fourth-order valence-corrected chi connectivity index (χ4v) is 6.50. The van der Waals surface area contributed by atoms with Crippen molar-refractivity contribution >= 4 is 11.7 Å². The second-order valence-corrected chi connectivity index (χ2v) is 10.8. The number of carbonyl (C=O) groups is 1. The van der Waals surface area contributed by atoms with Gasteiger partial charge in [0, 0.05) is 32.2 Å². The summed E-state index contributed by atoms with van der Waals surface area (Å²) in [6.45, 7) is 8.02. The summed E-state index contributed by atoms with van der Waals surface area (Å²) in [6, 6.07) is 9.47. The van der Waals surface area contributed by atoms with Crippen LogP contribution in [-0.2, 0) is 23.2 Å². The zero-order chi connectivity index (χ0) is 25.4. The Morgan fingerprint density at radius 3 is 2.76 bits per heavy atom. The molecule has 0 N–H and O–H groups in total. The highest BCUT2D eigenvalue weighted by Crippen LogP contribution is 2.48. The number of aromatic nitrogens is 2. The minimum atomic E-state index is -0.342. The lowest BCUT2D eigenvalue weighted by molar-refractivity contribution is -0.126. The van der Waals surface area contributed by atoms with Gasteiger partial charge < -0.3 is 24.2 Å². The van der Waals surface area contributed by atoms with Crippen molar-refractivity contribution in [2.24, 2.45) is 0 Å². The van der Waals surface area contributed by atoms with Crippen LogP contribution >= 0.6 is 0 Å². The van der Waals surface area contributed by atoms with Crippen LogP contribution < -0.4 is 14.4 Å². The minimum Gasteiger partial charge on any atom is -0.466 e. The van der Waals surface area contributed by atoms with Gasteiger partial charge in [0.05, 0.1) is 5.56 Å². The van der Waals surface area contributed by atoms with Gasteiger partial charge in [-0.2, -0.15) is 9.97 Å². The topological polar surface area (TPSA) is 71.0 Å². The molecule has 8 nitrogen and oxygen atoms in total. The highest BCUT2D eigenvalue weighted by Gasteiger charge is 2.43. The summed E-state index contributed by atoms with van der Waals surface area (Å²) in [4.78, 5) is 28.4. The number of benzene rings is 1. The lowest BCUT2D eigenvalue weighted by atomic mass is 9.75. The molecule has 0 saturated carbocycles. The van der Waals surface area contributed by atoms with E-state index in [2.05, 4.69) is 47.7 Å². The van der Waals surface area contributed by atoms with Gasteiger partial charge in [0.1, 0.15) is 18.0 Å². The molecule has 4 heterocycles. The Morgan fingerprint density at radius 2 is 1.97 bits per heavy atom. The van der Waals surface area contributed by atoms with Crippen molar-refractivity contribution in [3.63, 3.8) is 0 Å². The Bertz CT molecular complexity index is 1180. The van der Waals surface area contributed by atoms with Crippen molar-refractivity contribution in [1.29, 1.82) is 0 Å². The summed E-state index contributed by atoms with van der Waals surface area (Å²) in [5.74, 6) is 1.53. The predicted octanol–water partition coefficient (Wildman–Crippen LogP) is 3.34. The SMILES string of the molecule is C=CC(=O)N1CCN(c2nc(OC[C@@H]3CCCN3C)nc3c2CC[C@@]2(CCCc4ccccc42)O3)CC1. The molecule has 2 atom stereocenters. The lowest BCUT2D eigenvalue weighted by Gasteiger charge is -2.43. The molecule has 6 rings (SSSR count). The maximum atomic E-state index is 12.1. The second kappa shape index (κ2) is 9.97.